The van der Waals surface area contributed by atoms with Crippen molar-refractivity contribution in [2.75, 3.05) is 37.6 Å². The molecule has 2 aromatic rings. The number of halogens is 1. The van der Waals surface area contributed by atoms with Crippen molar-refractivity contribution in [1.29, 1.82) is 0 Å². The molecule has 118 valence electrons. The highest BCUT2D eigenvalue weighted by Crippen LogP contribution is 2.11. The highest BCUT2D eigenvalue weighted by atomic mass is 35.5. The summed E-state index contributed by atoms with van der Waals surface area (Å²) in [4.78, 5) is 17.4. The molecule has 0 bridgehead atoms. The van der Waals surface area contributed by atoms with Crippen molar-refractivity contribution in [2.24, 2.45) is 0 Å². The smallest absolute Gasteiger partial charge is 0.225 e. The lowest BCUT2D eigenvalue weighted by atomic mass is 10.2. The van der Waals surface area contributed by atoms with Crippen LogP contribution < -0.4 is 4.90 Å². The number of anilines is 1. The SMILES string of the molecule is Clc1cncn1CCCCN1CCN(c2ncccn2)CC1. The lowest BCUT2D eigenvalue weighted by molar-refractivity contribution is 0.250. The van der Waals surface area contributed by atoms with E-state index in [1.807, 2.05) is 10.6 Å². The second-order valence-electron chi connectivity index (χ2n) is 5.49. The Morgan fingerprint density at radius 1 is 1.00 bits per heavy atom. The molecule has 0 saturated carbocycles. The molecule has 22 heavy (non-hydrogen) atoms. The molecule has 1 fully saturated rings. The van der Waals surface area contributed by atoms with Gasteiger partial charge in [-0.3, -0.25) is 4.90 Å². The first kappa shape index (κ1) is 15.2. The Labute approximate surface area is 135 Å². The Morgan fingerprint density at radius 2 is 1.73 bits per heavy atom. The van der Waals surface area contributed by atoms with Crippen LogP contribution in [0.4, 0.5) is 5.95 Å². The monoisotopic (exact) mass is 320 g/mol. The molecule has 3 rings (SSSR count). The zero-order chi connectivity index (χ0) is 15.2. The van der Waals surface area contributed by atoms with Crippen LogP contribution in [0, 0.1) is 0 Å². The first-order valence-electron chi connectivity index (χ1n) is 7.73. The van der Waals surface area contributed by atoms with Crippen LogP contribution in [-0.4, -0.2) is 57.1 Å². The number of hydrogen-bond donors (Lipinski definition) is 0. The molecule has 0 radical (unpaired) electrons. The van der Waals surface area contributed by atoms with Gasteiger partial charge in [0.05, 0.1) is 12.5 Å². The van der Waals surface area contributed by atoms with Crippen molar-refractivity contribution in [3.05, 3.63) is 36.1 Å². The third-order valence-electron chi connectivity index (χ3n) is 3.99. The van der Waals surface area contributed by atoms with Crippen LogP contribution >= 0.6 is 11.6 Å². The van der Waals surface area contributed by atoms with Gasteiger partial charge in [0.1, 0.15) is 5.15 Å². The zero-order valence-electron chi connectivity index (χ0n) is 12.6. The molecule has 1 aliphatic heterocycles. The minimum atomic E-state index is 0.719. The molecule has 2 aromatic heterocycles. The molecule has 7 heteroatoms. The molecule has 0 aliphatic carbocycles. The van der Waals surface area contributed by atoms with Crippen LogP contribution in [0.5, 0.6) is 0 Å². The molecule has 1 aliphatic rings. The van der Waals surface area contributed by atoms with Gasteiger partial charge in [0, 0.05) is 45.1 Å². The number of unbranched alkanes of at least 4 members (excludes halogenated alkanes) is 1. The Hall–Kier alpha value is -1.66. The summed E-state index contributed by atoms with van der Waals surface area (Å²) < 4.78 is 1.99. The number of rotatable bonds is 6. The quantitative estimate of drug-likeness (QED) is 0.761. The highest BCUT2D eigenvalue weighted by molar-refractivity contribution is 6.29. The largest absolute Gasteiger partial charge is 0.338 e. The predicted molar refractivity (Wildman–Crippen MR) is 87.2 cm³/mol. The van der Waals surface area contributed by atoms with E-state index in [1.54, 1.807) is 24.9 Å². The lowest BCUT2D eigenvalue weighted by Gasteiger charge is -2.34. The minimum absolute atomic E-state index is 0.719. The molecule has 0 unspecified atom stereocenters. The van der Waals surface area contributed by atoms with Gasteiger partial charge in [-0.25, -0.2) is 15.0 Å². The van der Waals surface area contributed by atoms with E-state index in [4.69, 9.17) is 11.6 Å². The maximum Gasteiger partial charge on any atom is 0.225 e. The van der Waals surface area contributed by atoms with Gasteiger partial charge < -0.3 is 9.47 Å². The maximum atomic E-state index is 6.01. The second kappa shape index (κ2) is 7.56. The normalized spacial score (nSPS) is 16.1. The summed E-state index contributed by atoms with van der Waals surface area (Å²) in [6.07, 6.45) is 9.38. The molecule has 0 N–H and O–H groups in total. The first-order chi connectivity index (χ1) is 10.8. The molecule has 0 aromatic carbocycles. The molecular formula is C15H21ClN6. The van der Waals surface area contributed by atoms with Gasteiger partial charge in [-0.15, -0.1) is 0 Å². The topological polar surface area (TPSA) is 50.1 Å². The van der Waals surface area contributed by atoms with Crippen LogP contribution in [0.25, 0.3) is 0 Å². The van der Waals surface area contributed by atoms with E-state index in [2.05, 4.69) is 24.8 Å². The zero-order valence-corrected chi connectivity index (χ0v) is 13.4. The van der Waals surface area contributed by atoms with Gasteiger partial charge >= 0.3 is 0 Å². The fraction of sp³-hybridized carbons (Fsp3) is 0.533. The lowest BCUT2D eigenvalue weighted by Crippen LogP contribution is -2.47. The summed E-state index contributed by atoms with van der Waals surface area (Å²) in [6.45, 7) is 6.22. The van der Waals surface area contributed by atoms with E-state index in [0.29, 0.717) is 0 Å². The number of aryl methyl sites for hydroxylation is 1. The van der Waals surface area contributed by atoms with Crippen molar-refractivity contribution in [3.63, 3.8) is 0 Å². The number of aromatic nitrogens is 4. The average Bonchev–Trinajstić information content (AvgIpc) is 2.98. The van der Waals surface area contributed by atoms with Crippen molar-refractivity contribution < 1.29 is 0 Å². The van der Waals surface area contributed by atoms with Crippen molar-refractivity contribution in [3.8, 4) is 0 Å². The average molecular weight is 321 g/mol. The van der Waals surface area contributed by atoms with Crippen LogP contribution in [-0.2, 0) is 6.54 Å². The van der Waals surface area contributed by atoms with Crippen LogP contribution in [0.15, 0.2) is 31.0 Å². The van der Waals surface area contributed by atoms with Gasteiger partial charge in [-0.1, -0.05) is 11.6 Å². The van der Waals surface area contributed by atoms with E-state index in [1.165, 1.54) is 6.42 Å². The first-order valence-corrected chi connectivity index (χ1v) is 8.11. The second-order valence-corrected chi connectivity index (χ2v) is 5.88. The summed E-state index contributed by atoms with van der Waals surface area (Å²) >= 11 is 6.01. The van der Waals surface area contributed by atoms with Crippen molar-refractivity contribution in [1.82, 2.24) is 24.4 Å². The Kier molecular flexibility index (Phi) is 5.24. The summed E-state index contributed by atoms with van der Waals surface area (Å²) in [7, 11) is 0. The summed E-state index contributed by atoms with van der Waals surface area (Å²) in [5.74, 6) is 0.844. The third kappa shape index (κ3) is 3.96. The molecule has 6 nitrogen and oxygen atoms in total. The molecule has 1 saturated heterocycles. The molecule has 0 atom stereocenters. The van der Waals surface area contributed by atoms with Crippen LogP contribution in [0.3, 0.4) is 0 Å². The summed E-state index contributed by atoms with van der Waals surface area (Å²) in [6, 6.07) is 1.85. The van der Waals surface area contributed by atoms with Crippen LogP contribution in [0.2, 0.25) is 5.15 Å². The van der Waals surface area contributed by atoms with Crippen molar-refractivity contribution >= 4 is 17.5 Å². The molecule has 0 spiro atoms. The van der Waals surface area contributed by atoms with E-state index < -0.39 is 0 Å². The minimum Gasteiger partial charge on any atom is -0.338 e. The fourth-order valence-electron chi connectivity index (χ4n) is 2.71. The molecule has 0 amide bonds. The Balaban J connectivity index is 1.35. The number of imidazole rings is 1. The van der Waals surface area contributed by atoms with Gasteiger partial charge in [0.2, 0.25) is 5.95 Å². The third-order valence-corrected chi connectivity index (χ3v) is 4.31. The van der Waals surface area contributed by atoms with Gasteiger partial charge in [-0.2, -0.15) is 0 Å². The number of nitrogens with zero attached hydrogens (tertiary/aromatic N) is 6. The number of piperazine rings is 1. The van der Waals surface area contributed by atoms with Crippen LogP contribution in [0.1, 0.15) is 12.8 Å². The standard InChI is InChI=1S/C15H21ClN6/c16-14-12-17-13-22(14)7-2-1-6-20-8-10-21(11-9-20)15-18-4-3-5-19-15/h3-5,12-13H,1-2,6-11H2. The van der Waals surface area contributed by atoms with E-state index >= 15 is 0 Å². The van der Waals surface area contributed by atoms with E-state index in [9.17, 15) is 0 Å². The van der Waals surface area contributed by atoms with E-state index in [-0.39, 0.29) is 0 Å². The highest BCUT2D eigenvalue weighted by Gasteiger charge is 2.18. The Bertz CT molecular complexity index is 564. The molecule has 3 heterocycles. The fourth-order valence-corrected chi connectivity index (χ4v) is 2.90. The van der Waals surface area contributed by atoms with Gasteiger partial charge in [0.25, 0.3) is 0 Å². The molecular weight excluding hydrogens is 300 g/mol. The predicted octanol–water partition coefficient (Wildman–Crippen LogP) is 1.93. The maximum absolute atomic E-state index is 6.01. The Morgan fingerprint density at radius 3 is 2.41 bits per heavy atom. The van der Waals surface area contributed by atoms with Crippen molar-refractivity contribution in [2.45, 2.75) is 19.4 Å². The van der Waals surface area contributed by atoms with Gasteiger partial charge in [0.15, 0.2) is 0 Å². The summed E-state index contributed by atoms with van der Waals surface area (Å²) in [5.41, 5.74) is 0. The van der Waals surface area contributed by atoms with Gasteiger partial charge in [-0.05, 0) is 25.5 Å². The summed E-state index contributed by atoms with van der Waals surface area (Å²) in [5, 5.41) is 0.719. The van der Waals surface area contributed by atoms with E-state index in [0.717, 1.165) is 56.8 Å². The number of hydrogen-bond acceptors (Lipinski definition) is 5.